The van der Waals surface area contributed by atoms with Crippen molar-refractivity contribution >= 4 is 11.2 Å². The van der Waals surface area contributed by atoms with Crippen LogP contribution in [-0.2, 0) is 6.42 Å². The molecule has 2 heterocycles. The third-order valence-corrected chi connectivity index (χ3v) is 2.74. The van der Waals surface area contributed by atoms with Gasteiger partial charge in [0.05, 0.1) is 0 Å². The molecule has 0 saturated carbocycles. The SMILES string of the molecule is Cc1ccnc2oc(Cc3ccccc3)nc12. The van der Waals surface area contributed by atoms with Crippen molar-refractivity contribution in [2.75, 3.05) is 0 Å². The fourth-order valence-corrected chi connectivity index (χ4v) is 1.84. The molecule has 3 aromatic rings. The van der Waals surface area contributed by atoms with Crippen molar-refractivity contribution in [2.45, 2.75) is 13.3 Å². The number of benzene rings is 1. The molecular formula is C14H12N2O. The topological polar surface area (TPSA) is 38.9 Å². The average molecular weight is 224 g/mol. The molecular weight excluding hydrogens is 212 g/mol. The minimum atomic E-state index is 0.621. The molecule has 84 valence electrons. The largest absolute Gasteiger partial charge is 0.422 e. The van der Waals surface area contributed by atoms with Gasteiger partial charge in [-0.25, -0.2) is 9.97 Å². The van der Waals surface area contributed by atoms with Gasteiger partial charge in [0.25, 0.3) is 0 Å². The molecule has 0 unspecified atom stereocenters. The van der Waals surface area contributed by atoms with Crippen LogP contribution in [0, 0.1) is 6.92 Å². The standard InChI is InChI=1S/C14H12N2O/c1-10-7-8-15-14-13(10)16-12(17-14)9-11-5-3-2-4-6-11/h2-8H,9H2,1H3. The molecule has 3 heteroatoms. The third kappa shape index (κ3) is 1.91. The first-order valence-electron chi connectivity index (χ1n) is 5.58. The van der Waals surface area contributed by atoms with Crippen molar-refractivity contribution in [1.29, 1.82) is 0 Å². The van der Waals surface area contributed by atoms with Crippen LogP contribution in [0.15, 0.2) is 47.0 Å². The summed E-state index contributed by atoms with van der Waals surface area (Å²) >= 11 is 0. The number of aromatic nitrogens is 2. The molecule has 0 saturated heterocycles. The van der Waals surface area contributed by atoms with Crippen LogP contribution in [0.4, 0.5) is 0 Å². The first-order chi connectivity index (χ1) is 8.33. The number of hydrogen-bond donors (Lipinski definition) is 0. The molecule has 0 fully saturated rings. The summed E-state index contributed by atoms with van der Waals surface area (Å²) in [6.07, 6.45) is 2.45. The van der Waals surface area contributed by atoms with Crippen LogP contribution >= 0.6 is 0 Å². The van der Waals surface area contributed by atoms with Crippen molar-refractivity contribution in [2.24, 2.45) is 0 Å². The summed E-state index contributed by atoms with van der Waals surface area (Å²) in [5.74, 6) is 0.716. The number of oxazole rings is 1. The summed E-state index contributed by atoms with van der Waals surface area (Å²) < 4.78 is 5.63. The Kier molecular flexibility index (Phi) is 2.37. The molecule has 17 heavy (non-hydrogen) atoms. The van der Waals surface area contributed by atoms with Crippen LogP contribution < -0.4 is 0 Å². The molecule has 0 aliphatic rings. The van der Waals surface area contributed by atoms with Gasteiger partial charge >= 0.3 is 0 Å². The highest BCUT2D eigenvalue weighted by Gasteiger charge is 2.08. The van der Waals surface area contributed by atoms with E-state index in [1.54, 1.807) is 6.20 Å². The molecule has 3 nitrogen and oxygen atoms in total. The Labute approximate surface area is 99.1 Å². The zero-order chi connectivity index (χ0) is 11.7. The molecule has 2 aromatic heterocycles. The first kappa shape index (κ1) is 10.0. The van der Waals surface area contributed by atoms with Crippen LogP contribution in [0.3, 0.4) is 0 Å². The summed E-state index contributed by atoms with van der Waals surface area (Å²) in [7, 11) is 0. The van der Waals surface area contributed by atoms with E-state index < -0.39 is 0 Å². The molecule has 0 amide bonds. The van der Waals surface area contributed by atoms with Crippen LogP contribution in [0.25, 0.3) is 11.2 Å². The first-order valence-corrected chi connectivity index (χ1v) is 5.58. The van der Waals surface area contributed by atoms with E-state index in [0.29, 0.717) is 18.0 Å². The predicted molar refractivity (Wildman–Crippen MR) is 65.8 cm³/mol. The van der Waals surface area contributed by atoms with E-state index in [1.807, 2.05) is 31.2 Å². The van der Waals surface area contributed by atoms with E-state index in [4.69, 9.17) is 4.42 Å². The molecule has 0 aliphatic heterocycles. The van der Waals surface area contributed by atoms with Crippen LogP contribution in [-0.4, -0.2) is 9.97 Å². The van der Waals surface area contributed by atoms with Gasteiger partial charge in [0, 0.05) is 12.6 Å². The van der Waals surface area contributed by atoms with Crippen molar-refractivity contribution < 1.29 is 4.42 Å². The predicted octanol–water partition coefficient (Wildman–Crippen LogP) is 3.12. The Morgan fingerprint density at radius 2 is 1.94 bits per heavy atom. The lowest BCUT2D eigenvalue weighted by molar-refractivity contribution is 0.535. The second-order valence-electron chi connectivity index (χ2n) is 4.05. The van der Waals surface area contributed by atoms with E-state index in [-0.39, 0.29) is 0 Å². The van der Waals surface area contributed by atoms with E-state index in [2.05, 4.69) is 22.1 Å². The molecule has 0 radical (unpaired) electrons. The minimum absolute atomic E-state index is 0.621. The van der Waals surface area contributed by atoms with Gasteiger partial charge in [-0.15, -0.1) is 0 Å². The number of nitrogens with zero attached hydrogens (tertiary/aromatic N) is 2. The average Bonchev–Trinajstić information content (AvgIpc) is 2.74. The van der Waals surface area contributed by atoms with Gasteiger partial charge in [-0.1, -0.05) is 30.3 Å². The van der Waals surface area contributed by atoms with Gasteiger partial charge in [0.15, 0.2) is 0 Å². The van der Waals surface area contributed by atoms with Gasteiger partial charge in [-0.3, -0.25) is 0 Å². The zero-order valence-electron chi connectivity index (χ0n) is 9.55. The number of pyridine rings is 1. The lowest BCUT2D eigenvalue weighted by Crippen LogP contribution is -1.87. The fraction of sp³-hybridized carbons (Fsp3) is 0.143. The Balaban J connectivity index is 1.99. The number of hydrogen-bond acceptors (Lipinski definition) is 3. The zero-order valence-corrected chi connectivity index (χ0v) is 9.55. The van der Waals surface area contributed by atoms with Gasteiger partial charge in [0.1, 0.15) is 5.52 Å². The number of aryl methyl sites for hydroxylation is 1. The van der Waals surface area contributed by atoms with Crippen molar-refractivity contribution in [3.05, 3.63) is 59.6 Å². The van der Waals surface area contributed by atoms with Crippen molar-refractivity contribution in [3.8, 4) is 0 Å². The van der Waals surface area contributed by atoms with Gasteiger partial charge in [-0.05, 0) is 24.1 Å². The fourth-order valence-electron chi connectivity index (χ4n) is 1.84. The Morgan fingerprint density at radius 3 is 2.71 bits per heavy atom. The Hall–Kier alpha value is -2.16. The minimum Gasteiger partial charge on any atom is -0.422 e. The van der Waals surface area contributed by atoms with E-state index in [1.165, 1.54) is 5.56 Å². The molecule has 0 N–H and O–H groups in total. The van der Waals surface area contributed by atoms with Gasteiger partial charge < -0.3 is 4.42 Å². The summed E-state index contributed by atoms with van der Waals surface area (Å²) in [6, 6.07) is 12.1. The second kappa shape index (κ2) is 4.01. The smallest absolute Gasteiger partial charge is 0.247 e. The third-order valence-electron chi connectivity index (χ3n) is 2.74. The number of rotatable bonds is 2. The quantitative estimate of drug-likeness (QED) is 0.671. The monoisotopic (exact) mass is 224 g/mol. The lowest BCUT2D eigenvalue weighted by Gasteiger charge is -1.94. The molecule has 1 aromatic carbocycles. The van der Waals surface area contributed by atoms with Crippen LogP contribution in [0.5, 0.6) is 0 Å². The maximum atomic E-state index is 5.63. The molecule has 0 bridgehead atoms. The Morgan fingerprint density at radius 1 is 1.12 bits per heavy atom. The molecule has 3 rings (SSSR count). The van der Waals surface area contributed by atoms with E-state index in [0.717, 1.165) is 11.1 Å². The molecule has 0 spiro atoms. The maximum Gasteiger partial charge on any atom is 0.247 e. The maximum absolute atomic E-state index is 5.63. The second-order valence-corrected chi connectivity index (χ2v) is 4.05. The lowest BCUT2D eigenvalue weighted by atomic mass is 10.1. The van der Waals surface area contributed by atoms with Gasteiger partial charge in [-0.2, -0.15) is 0 Å². The summed E-state index contributed by atoms with van der Waals surface area (Å²) in [5, 5.41) is 0. The van der Waals surface area contributed by atoms with Crippen molar-refractivity contribution in [3.63, 3.8) is 0 Å². The normalized spacial score (nSPS) is 10.9. The molecule has 0 atom stereocenters. The highest BCUT2D eigenvalue weighted by atomic mass is 16.4. The van der Waals surface area contributed by atoms with E-state index in [9.17, 15) is 0 Å². The Bertz CT molecular complexity index is 644. The van der Waals surface area contributed by atoms with Crippen LogP contribution in [0.1, 0.15) is 17.0 Å². The molecule has 0 aliphatic carbocycles. The van der Waals surface area contributed by atoms with Crippen LogP contribution in [0.2, 0.25) is 0 Å². The number of fused-ring (bicyclic) bond motifs is 1. The summed E-state index contributed by atoms with van der Waals surface area (Å²) in [4.78, 5) is 8.65. The van der Waals surface area contributed by atoms with Crippen molar-refractivity contribution in [1.82, 2.24) is 9.97 Å². The highest BCUT2D eigenvalue weighted by molar-refractivity contribution is 5.71. The summed E-state index contributed by atoms with van der Waals surface area (Å²) in [5.41, 5.74) is 3.77. The van der Waals surface area contributed by atoms with Gasteiger partial charge in [0.2, 0.25) is 11.6 Å². The highest BCUT2D eigenvalue weighted by Crippen LogP contribution is 2.18. The van der Waals surface area contributed by atoms with E-state index >= 15 is 0 Å². The summed E-state index contributed by atoms with van der Waals surface area (Å²) in [6.45, 7) is 2.01.